The summed E-state index contributed by atoms with van der Waals surface area (Å²) in [5.41, 5.74) is 1.69. The fraction of sp³-hybridized carbons (Fsp3) is 0.222. The number of methoxy groups -OCH3 is 1. The fourth-order valence-corrected chi connectivity index (χ4v) is 2.22. The molecule has 6 heteroatoms. The number of rotatable bonds is 6. The molecule has 0 unspecified atom stereocenters. The van der Waals surface area contributed by atoms with Crippen LogP contribution in [0.2, 0.25) is 0 Å². The van der Waals surface area contributed by atoms with Crippen LogP contribution >= 0.6 is 0 Å². The molecule has 0 bridgehead atoms. The summed E-state index contributed by atoms with van der Waals surface area (Å²) in [5, 5.41) is 5.40. The first kappa shape index (κ1) is 17.5. The molecule has 0 aromatic heterocycles. The van der Waals surface area contributed by atoms with Gasteiger partial charge in [0.05, 0.1) is 18.5 Å². The summed E-state index contributed by atoms with van der Waals surface area (Å²) in [6, 6.07) is 11.1. The lowest BCUT2D eigenvalue weighted by Gasteiger charge is -2.13. The highest BCUT2D eigenvalue weighted by Crippen LogP contribution is 2.27. The lowest BCUT2D eigenvalue weighted by Crippen LogP contribution is -2.15. The van der Waals surface area contributed by atoms with Crippen molar-refractivity contribution in [3.63, 3.8) is 0 Å². The van der Waals surface area contributed by atoms with Gasteiger partial charge in [0.2, 0.25) is 11.8 Å². The summed E-state index contributed by atoms with van der Waals surface area (Å²) in [4.78, 5) is 23.4. The zero-order valence-electron chi connectivity index (χ0n) is 13.6. The summed E-state index contributed by atoms with van der Waals surface area (Å²) in [5.74, 6) is -0.243. The number of anilines is 2. The summed E-state index contributed by atoms with van der Waals surface area (Å²) in [6.07, 6.45) is 0.614. The van der Waals surface area contributed by atoms with Gasteiger partial charge in [0.25, 0.3) is 0 Å². The predicted octanol–water partition coefficient (Wildman–Crippen LogP) is 3.36. The molecule has 0 heterocycles. The summed E-state index contributed by atoms with van der Waals surface area (Å²) in [7, 11) is 1.52. The maximum atomic E-state index is 13.1. The highest BCUT2D eigenvalue weighted by atomic mass is 19.1. The Kier molecular flexibility index (Phi) is 5.89. The van der Waals surface area contributed by atoms with Crippen molar-refractivity contribution in [1.29, 1.82) is 0 Å². The van der Waals surface area contributed by atoms with Crippen LogP contribution in [0.3, 0.4) is 0 Å². The van der Waals surface area contributed by atoms with Crippen molar-refractivity contribution in [2.45, 2.75) is 19.8 Å². The Hall–Kier alpha value is -2.89. The van der Waals surface area contributed by atoms with Gasteiger partial charge in [-0.2, -0.15) is 0 Å². The quantitative estimate of drug-likeness (QED) is 0.853. The predicted molar refractivity (Wildman–Crippen MR) is 90.6 cm³/mol. The van der Waals surface area contributed by atoms with Gasteiger partial charge in [0.15, 0.2) is 0 Å². The third-order valence-corrected chi connectivity index (χ3v) is 3.34. The molecule has 0 aliphatic rings. The van der Waals surface area contributed by atoms with Gasteiger partial charge >= 0.3 is 0 Å². The number of hydrogen-bond acceptors (Lipinski definition) is 3. The number of aryl methyl sites for hydroxylation is 1. The van der Waals surface area contributed by atoms with Gasteiger partial charge in [0.1, 0.15) is 11.6 Å². The maximum Gasteiger partial charge on any atom is 0.224 e. The average molecular weight is 330 g/mol. The topological polar surface area (TPSA) is 67.4 Å². The minimum Gasteiger partial charge on any atom is -0.497 e. The van der Waals surface area contributed by atoms with E-state index in [1.807, 2.05) is 0 Å². The smallest absolute Gasteiger partial charge is 0.224 e. The number of amides is 2. The van der Waals surface area contributed by atoms with Gasteiger partial charge in [-0.3, -0.25) is 9.59 Å². The zero-order valence-corrected chi connectivity index (χ0v) is 13.6. The molecule has 0 aliphatic carbocycles. The lowest BCUT2D eigenvalue weighted by atomic mass is 10.1. The molecule has 0 fully saturated rings. The number of halogens is 1. The van der Waals surface area contributed by atoms with Crippen LogP contribution in [-0.2, 0) is 16.0 Å². The van der Waals surface area contributed by atoms with Crippen LogP contribution in [0.4, 0.5) is 15.8 Å². The molecule has 2 aromatic carbocycles. The molecule has 2 N–H and O–H groups in total. The van der Waals surface area contributed by atoms with Crippen molar-refractivity contribution in [2.75, 3.05) is 17.7 Å². The van der Waals surface area contributed by atoms with Crippen LogP contribution in [0.5, 0.6) is 5.75 Å². The van der Waals surface area contributed by atoms with Crippen LogP contribution in [0.15, 0.2) is 42.5 Å². The minimum absolute atomic E-state index is 0.195. The van der Waals surface area contributed by atoms with Crippen molar-refractivity contribution in [2.24, 2.45) is 0 Å². The van der Waals surface area contributed by atoms with E-state index in [0.717, 1.165) is 5.56 Å². The third-order valence-electron chi connectivity index (χ3n) is 3.34. The first-order chi connectivity index (χ1) is 11.5. The van der Waals surface area contributed by atoms with Crippen molar-refractivity contribution < 1.29 is 18.7 Å². The van der Waals surface area contributed by atoms with Gasteiger partial charge in [-0.25, -0.2) is 4.39 Å². The molecule has 5 nitrogen and oxygen atoms in total. The monoisotopic (exact) mass is 330 g/mol. The third kappa shape index (κ3) is 5.08. The van der Waals surface area contributed by atoms with E-state index < -0.39 is 0 Å². The van der Waals surface area contributed by atoms with Crippen molar-refractivity contribution in [1.82, 2.24) is 0 Å². The Labute approximate surface area is 139 Å². The maximum absolute atomic E-state index is 13.1. The van der Waals surface area contributed by atoms with E-state index in [4.69, 9.17) is 4.74 Å². The SMILES string of the molecule is COc1ccc(NC(C)=O)c(NC(=O)CCc2cccc(F)c2)c1. The summed E-state index contributed by atoms with van der Waals surface area (Å²) >= 11 is 0. The highest BCUT2D eigenvalue weighted by Gasteiger charge is 2.10. The molecule has 0 saturated carbocycles. The van der Waals surface area contributed by atoms with E-state index in [0.29, 0.717) is 23.5 Å². The Balaban J connectivity index is 2.05. The second kappa shape index (κ2) is 8.10. The number of ether oxygens (including phenoxy) is 1. The molecule has 126 valence electrons. The molecule has 2 amide bonds. The second-order valence-electron chi connectivity index (χ2n) is 5.27. The van der Waals surface area contributed by atoms with Gasteiger partial charge in [-0.15, -0.1) is 0 Å². The Morgan fingerprint density at radius 2 is 1.88 bits per heavy atom. The first-order valence-electron chi connectivity index (χ1n) is 7.48. The molecule has 2 rings (SSSR count). The lowest BCUT2D eigenvalue weighted by molar-refractivity contribution is -0.116. The van der Waals surface area contributed by atoms with Crippen molar-refractivity contribution in [3.05, 3.63) is 53.8 Å². The van der Waals surface area contributed by atoms with E-state index in [9.17, 15) is 14.0 Å². The molecule has 24 heavy (non-hydrogen) atoms. The molecule has 0 atom stereocenters. The number of carbonyl (C=O) groups excluding carboxylic acids is 2. The number of nitrogens with one attached hydrogen (secondary N) is 2. The van der Waals surface area contributed by atoms with Crippen molar-refractivity contribution in [3.8, 4) is 5.75 Å². The molecule has 0 aliphatic heterocycles. The molecule has 0 radical (unpaired) electrons. The van der Waals surface area contributed by atoms with E-state index in [-0.39, 0.29) is 24.1 Å². The van der Waals surface area contributed by atoms with Crippen LogP contribution in [0, 0.1) is 5.82 Å². The van der Waals surface area contributed by atoms with Crippen LogP contribution in [-0.4, -0.2) is 18.9 Å². The average Bonchev–Trinajstić information content (AvgIpc) is 2.54. The highest BCUT2D eigenvalue weighted by molar-refractivity contribution is 5.99. The van der Waals surface area contributed by atoms with E-state index in [2.05, 4.69) is 10.6 Å². The number of carbonyl (C=O) groups is 2. The van der Waals surface area contributed by atoms with E-state index >= 15 is 0 Å². The largest absolute Gasteiger partial charge is 0.497 e. The van der Waals surface area contributed by atoms with Crippen LogP contribution in [0.1, 0.15) is 18.9 Å². The van der Waals surface area contributed by atoms with Gasteiger partial charge in [0, 0.05) is 19.4 Å². The van der Waals surface area contributed by atoms with E-state index in [1.165, 1.54) is 26.2 Å². The minimum atomic E-state index is -0.325. The standard InChI is InChI=1S/C18H19FN2O3/c1-12(22)20-16-8-7-15(24-2)11-17(16)21-18(23)9-6-13-4-3-5-14(19)10-13/h3-5,7-8,10-11H,6,9H2,1-2H3,(H,20,22)(H,21,23). The number of hydrogen-bond donors (Lipinski definition) is 2. The van der Waals surface area contributed by atoms with Gasteiger partial charge in [-0.1, -0.05) is 12.1 Å². The fourth-order valence-electron chi connectivity index (χ4n) is 2.22. The molecule has 0 saturated heterocycles. The molecule has 2 aromatic rings. The molecular formula is C18H19FN2O3. The van der Waals surface area contributed by atoms with Crippen LogP contribution < -0.4 is 15.4 Å². The van der Waals surface area contributed by atoms with Crippen molar-refractivity contribution >= 4 is 23.2 Å². The van der Waals surface area contributed by atoms with E-state index in [1.54, 1.807) is 30.3 Å². The zero-order chi connectivity index (χ0) is 17.5. The Bertz CT molecular complexity index is 747. The van der Waals surface area contributed by atoms with Crippen LogP contribution in [0.25, 0.3) is 0 Å². The molecular weight excluding hydrogens is 311 g/mol. The second-order valence-corrected chi connectivity index (χ2v) is 5.27. The van der Waals surface area contributed by atoms with Gasteiger partial charge in [-0.05, 0) is 36.2 Å². The molecule has 0 spiro atoms. The first-order valence-corrected chi connectivity index (χ1v) is 7.48. The Morgan fingerprint density at radius 3 is 2.54 bits per heavy atom. The summed E-state index contributed by atoms with van der Waals surface area (Å²) in [6.45, 7) is 1.39. The Morgan fingerprint density at radius 1 is 1.08 bits per heavy atom. The van der Waals surface area contributed by atoms with Gasteiger partial charge < -0.3 is 15.4 Å². The summed E-state index contributed by atoms with van der Waals surface area (Å²) < 4.78 is 18.3. The normalized spacial score (nSPS) is 10.1. The number of benzene rings is 2.